The Morgan fingerprint density at radius 3 is 2.00 bits per heavy atom. The molecule has 0 heterocycles. The minimum absolute atomic E-state index is 0.0824. The van der Waals surface area contributed by atoms with Gasteiger partial charge in [0.05, 0.1) is 7.11 Å². The van der Waals surface area contributed by atoms with E-state index in [2.05, 4.69) is 0 Å². The molecule has 0 aromatic heterocycles. The van der Waals surface area contributed by atoms with Crippen LogP contribution in [0.4, 0.5) is 0 Å². The summed E-state index contributed by atoms with van der Waals surface area (Å²) in [6.45, 7) is 9.59. The van der Waals surface area contributed by atoms with Crippen LogP contribution in [0.3, 0.4) is 0 Å². The van der Waals surface area contributed by atoms with Crippen molar-refractivity contribution in [2.24, 2.45) is 11.8 Å². The zero-order chi connectivity index (χ0) is 14.7. The molecule has 0 amide bonds. The quantitative estimate of drug-likeness (QED) is 0.475. The molecule has 0 saturated carbocycles. The van der Waals surface area contributed by atoms with E-state index in [1.165, 1.54) is 7.11 Å². The summed E-state index contributed by atoms with van der Waals surface area (Å²) in [7, 11) is 1.32. The Morgan fingerprint density at radius 2 is 1.53 bits per heavy atom. The zero-order valence-electron chi connectivity index (χ0n) is 12.5. The van der Waals surface area contributed by atoms with E-state index in [9.17, 15) is 9.59 Å². The molecule has 3 nitrogen and oxygen atoms in total. The third-order valence-corrected chi connectivity index (χ3v) is 3.51. The zero-order valence-corrected chi connectivity index (χ0v) is 12.5. The topological polar surface area (TPSA) is 43.4 Å². The first-order chi connectivity index (χ1) is 8.79. The summed E-state index contributed by atoms with van der Waals surface area (Å²) < 4.78 is 4.75. The van der Waals surface area contributed by atoms with Gasteiger partial charge in [-0.1, -0.05) is 19.9 Å². The number of esters is 1. The van der Waals surface area contributed by atoms with Crippen LogP contribution in [0.5, 0.6) is 0 Å². The molecule has 0 saturated heterocycles. The highest BCUT2D eigenvalue weighted by Gasteiger charge is 2.32. The van der Waals surface area contributed by atoms with Gasteiger partial charge in [0.25, 0.3) is 0 Å². The summed E-state index contributed by atoms with van der Waals surface area (Å²) in [5.41, 5.74) is 3.73. The molecule has 3 heteroatoms. The number of carbonyl (C=O) groups is 2. The van der Waals surface area contributed by atoms with Crippen molar-refractivity contribution in [1.82, 2.24) is 0 Å². The molecule has 1 atom stereocenters. The fourth-order valence-corrected chi connectivity index (χ4v) is 2.20. The number of hydrogen-bond acceptors (Lipinski definition) is 3. The monoisotopic (exact) mass is 262 g/mol. The number of ketones is 1. The van der Waals surface area contributed by atoms with E-state index in [0.29, 0.717) is 5.56 Å². The lowest BCUT2D eigenvalue weighted by Gasteiger charge is -2.19. The van der Waals surface area contributed by atoms with Crippen molar-refractivity contribution in [3.63, 3.8) is 0 Å². The summed E-state index contributed by atoms with van der Waals surface area (Å²) in [5.74, 6) is -1.42. The first-order valence-corrected chi connectivity index (χ1v) is 6.49. The normalized spacial score (nSPS) is 12.4. The molecular formula is C16H22O3. The van der Waals surface area contributed by atoms with Crippen LogP contribution in [0.1, 0.15) is 40.9 Å². The Balaban J connectivity index is 3.24. The van der Waals surface area contributed by atoms with Gasteiger partial charge in [-0.3, -0.25) is 9.59 Å². The van der Waals surface area contributed by atoms with Crippen molar-refractivity contribution >= 4 is 11.8 Å². The molecule has 0 aliphatic carbocycles. The first kappa shape index (κ1) is 15.4. The second-order valence-corrected chi connectivity index (χ2v) is 5.36. The summed E-state index contributed by atoms with van der Waals surface area (Å²) in [5, 5.41) is 0. The summed E-state index contributed by atoms with van der Waals surface area (Å²) >= 11 is 0. The van der Waals surface area contributed by atoms with E-state index >= 15 is 0 Å². The minimum Gasteiger partial charge on any atom is -0.468 e. The van der Waals surface area contributed by atoms with Crippen LogP contribution < -0.4 is 0 Å². The van der Waals surface area contributed by atoms with Crippen molar-refractivity contribution < 1.29 is 14.3 Å². The number of carbonyl (C=O) groups excluding carboxylic acids is 2. The summed E-state index contributed by atoms with van der Waals surface area (Å²) in [4.78, 5) is 24.4. The molecule has 1 rings (SSSR count). The van der Waals surface area contributed by atoms with E-state index in [1.807, 2.05) is 46.8 Å². The Bertz CT molecular complexity index is 501. The molecule has 19 heavy (non-hydrogen) atoms. The molecule has 0 radical (unpaired) electrons. The van der Waals surface area contributed by atoms with Gasteiger partial charge in [0, 0.05) is 5.56 Å². The molecule has 0 N–H and O–H groups in total. The van der Waals surface area contributed by atoms with Gasteiger partial charge < -0.3 is 4.74 Å². The molecule has 0 fully saturated rings. The van der Waals surface area contributed by atoms with Crippen molar-refractivity contribution in [2.45, 2.75) is 34.6 Å². The summed E-state index contributed by atoms with van der Waals surface area (Å²) in [6, 6.07) is 3.85. The first-order valence-electron chi connectivity index (χ1n) is 6.49. The molecule has 104 valence electrons. The van der Waals surface area contributed by atoms with E-state index < -0.39 is 11.9 Å². The third-order valence-electron chi connectivity index (χ3n) is 3.51. The molecule has 0 aliphatic rings. The van der Waals surface area contributed by atoms with Gasteiger partial charge in [-0.05, 0) is 49.4 Å². The van der Waals surface area contributed by atoms with Crippen molar-refractivity contribution in [2.75, 3.05) is 7.11 Å². The van der Waals surface area contributed by atoms with Gasteiger partial charge >= 0.3 is 5.97 Å². The molecule has 0 aliphatic heterocycles. The van der Waals surface area contributed by atoms with E-state index in [1.54, 1.807) is 0 Å². The molecule has 1 aromatic rings. The molecule has 1 aromatic carbocycles. The SMILES string of the molecule is COC(=O)C(C(=O)c1cc(C)c(C)cc1C)C(C)C. The van der Waals surface area contributed by atoms with Crippen LogP contribution in [0, 0.1) is 32.6 Å². The highest BCUT2D eigenvalue weighted by atomic mass is 16.5. The molecule has 0 spiro atoms. The average Bonchev–Trinajstić information content (AvgIpc) is 2.33. The van der Waals surface area contributed by atoms with Crippen molar-refractivity contribution in [3.05, 3.63) is 34.4 Å². The highest BCUT2D eigenvalue weighted by molar-refractivity contribution is 6.09. The van der Waals surface area contributed by atoms with Crippen LogP contribution in [0.2, 0.25) is 0 Å². The summed E-state index contributed by atoms with van der Waals surface area (Å²) in [6.07, 6.45) is 0. The number of rotatable bonds is 4. The van der Waals surface area contributed by atoms with Gasteiger partial charge in [-0.25, -0.2) is 0 Å². The van der Waals surface area contributed by atoms with Gasteiger partial charge in [-0.2, -0.15) is 0 Å². The predicted molar refractivity (Wildman–Crippen MR) is 75.3 cm³/mol. The van der Waals surface area contributed by atoms with Gasteiger partial charge in [0.15, 0.2) is 5.78 Å². The molecule has 1 unspecified atom stereocenters. The fourth-order valence-electron chi connectivity index (χ4n) is 2.20. The third kappa shape index (κ3) is 3.22. The average molecular weight is 262 g/mol. The number of methoxy groups -OCH3 is 1. The van der Waals surface area contributed by atoms with Crippen LogP contribution in [0.15, 0.2) is 12.1 Å². The molecular weight excluding hydrogens is 240 g/mol. The van der Waals surface area contributed by atoms with Crippen LogP contribution in [0.25, 0.3) is 0 Å². The Hall–Kier alpha value is -1.64. The smallest absolute Gasteiger partial charge is 0.316 e. The predicted octanol–water partition coefficient (Wildman–Crippen LogP) is 3.24. The van der Waals surface area contributed by atoms with Crippen molar-refractivity contribution in [1.29, 1.82) is 0 Å². The number of aryl methyl sites for hydroxylation is 3. The van der Waals surface area contributed by atoms with E-state index in [0.717, 1.165) is 16.7 Å². The fraction of sp³-hybridized carbons (Fsp3) is 0.500. The second-order valence-electron chi connectivity index (χ2n) is 5.36. The Kier molecular flexibility index (Phi) is 4.87. The standard InChI is InChI=1S/C16H22O3/c1-9(2)14(16(18)19-6)15(17)13-8-11(4)10(3)7-12(13)5/h7-9,14H,1-6H3. The van der Waals surface area contributed by atoms with Gasteiger partial charge in [0.2, 0.25) is 0 Å². The number of ether oxygens (including phenoxy) is 1. The Labute approximate surface area is 115 Å². The largest absolute Gasteiger partial charge is 0.468 e. The lowest BCUT2D eigenvalue weighted by atomic mass is 9.85. The number of benzene rings is 1. The highest BCUT2D eigenvalue weighted by Crippen LogP contribution is 2.23. The minimum atomic E-state index is -0.731. The number of hydrogen-bond donors (Lipinski definition) is 0. The Morgan fingerprint density at radius 1 is 1.00 bits per heavy atom. The van der Waals surface area contributed by atoms with E-state index in [4.69, 9.17) is 4.74 Å². The lowest BCUT2D eigenvalue weighted by Crippen LogP contribution is -2.30. The maximum Gasteiger partial charge on any atom is 0.316 e. The van der Waals surface area contributed by atoms with Crippen LogP contribution >= 0.6 is 0 Å². The molecule has 0 bridgehead atoms. The lowest BCUT2D eigenvalue weighted by molar-refractivity contribution is -0.144. The van der Waals surface area contributed by atoms with Gasteiger partial charge in [0.1, 0.15) is 5.92 Å². The van der Waals surface area contributed by atoms with Crippen molar-refractivity contribution in [3.8, 4) is 0 Å². The van der Waals surface area contributed by atoms with E-state index in [-0.39, 0.29) is 11.7 Å². The maximum atomic E-state index is 12.6. The number of Topliss-reactive ketones (excluding diaryl/α,β-unsaturated/α-hetero) is 1. The van der Waals surface area contributed by atoms with Crippen LogP contribution in [-0.2, 0) is 9.53 Å². The van der Waals surface area contributed by atoms with Crippen LogP contribution in [-0.4, -0.2) is 18.9 Å². The maximum absolute atomic E-state index is 12.6. The second kappa shape index (κ2) is 6.00. The van der Waals surface area contributed by atoms with Gasteiger partial charge in [-0.15, -0.1) is 0 Å².